The first-order valence-corrected chi connectivity index (χ1v) is 8.68. The molecule has 0 saturated carbocycles. The van der Waals surface area contributed by atoms with E-state index >= 15 is 0 Å². The summed E-state index contributed by atoms with van der Waals surface area (Å²) < 4.78 is 5.28. The number of carbonyl (C=O) groups excluding carboxylic acids is 2. The number of thioether (sulfide) groups is 1. The van der Waals surface area contributed by atoms with E-state index in [0.717, 1.165) is 5.56 Å². The topological polar surface area (TPSA) is 93.2 Å². The number of imide groups is 1. The molecule has 122 valence electrons. The number of carbonyl (C=O) groups is 2. The number of nitrogens with zero attached hydrogens (tertiary/aromatic N) is 2. The van der Waals surface area contributed by atoms with Crippen LogP contribution in [0.1, 0.15) is 12.5 Å². The van der Waals surface area contributed by atoms with Crippen molar-refractivity contribution >= 4 is 40.2 Å². The third-order valence-corrected chi connectivity index (χ3v) is 4.55. The van der Waals surface area contributed by atoms with Crippen LogP contribution in [0.15, 0.2) is 34.7 Å². The Morgan fingerprint density at radius 3 is 2.78 bits per heavy atom. The molecule has 0 radical (unpaired) electrons. The average Bonchev–Trinajstić information content (AvgIpc) is 3.00. The molecule has 0 aliphatic carbocycles. The Bertz CT molecular complexity index is 648. The number of hydrogen-bond acceptors (Lipinski definition) is 8. The lowest BCUT2D eigenvalue weighted by Crippen LogP contribution is -2.32. The molecule has 0 saturated heterocycles. The van der Waals surface area contributed by atoms with Gasteiger partial charge in [0.25, 0.3) is 0 Å². The first-order chi connectivity index (χ1) is 11.2. The molecule has 23 heavy (non-hydrogen) atoms. The van der Waals surface area contributed by atoms with Crippen molar-refractivity contribution in [3.63, 3.8) is 0 Å². The molecule has 0 unspecified atom stereocenters. The molecule has 2 N–H and O–H groups in total. The molecule has 0 spiro atoms. The Morgan fingerprint density at radius 1 is 1.26 bits per heavy atom. The largest absolute Gasteiger partial charge is 0.450 e. The molecule has 2 amide bonds. The van der Waals surface area contributed by atoms with Crippen LogP contribution >= 0.6 is 23.1 Å². The van der Waals surface area contributed by atoms with Crippen LogP contribution in [-0.2, 0) is 16.1 Å². The van der Waals surface area contributed by atoms with E-state index in [1.165, 1.54) is 23.1 Å². The van der Waals surface area contributed by atoms with E-state index in [1.807, 2.05) is 30.3 Å². The van der Waals surface area contributed by atoms with Crippen LogP contribution in [0.25, 0.3) is 0 Å². The normalized spacial score (nSPS) is 10.1. The fourth-order valence-electron chi connectivity index (χ4n) is 1.56. The van der Waals surface area contributed by atoms with Crippen molar-refractivity contribution in [3.05, 3.63) is 35.9 Å². The van der Waals surface area contributed by atoms with Gasteiger partial charge in [-0.1, -0.05) is 53.4 Å². The summed E-state index contributed by atoms with van der Waals surface area (Å²) in [6.07, 6.45) is -0.736. The first kappa shape index (κ1) is 17.2. The fraction of sp³-hybridized carbons (Fsp3) is 0.286. The van der Waals surface area contributed by atoms with Gasteiger partial charge in [0.1, 0.15) is 0 Å². The monoisotopic (exact) mass is 352 g/mol. The third-order valence-electron chi connectivity index (χ3n) is 2.54. The van der Waals surface area contributed by atoms with E-state index in [-0.39, 0.29) is 12.4 Å². The van der Waals surface area contributed by atoms with Crippen LogP contribution in [0.4, 0.5) is 9.93 Å². The van der Waals surface area contributed by atoms with Gasteiger partial charge >= 0.3 is 6.09 Å². The van der Waals surface area contributed by atoms with E-state index in [9.17, 15) is 9.59 Å². The van der Waals surface area contributed by atoms with Gasteiger partial charge in [0.05, 0.1) is 12.4 Å². The maximum Gasteiger partial charge on any atom is 0.413 e. The zero-order valence-electron chi connectivity index (χ0n) is 12.4. The summed E-state index contributed by atoms with van der Waals surface area (Å²) in [5.41, 5.74) is 1.14. The van der Waals surface area contributed by atoms with E-state index in [0.29, 0.717) is 16.0 Å². The molecule has 0 bridgehead atoms. The minimum absolute atomic E-state index is 0.0755. The lowest BCUT2D eigenvalue weighted by atomic mass is 10.2. The molecule has 0 aliphatic rings. The van der Waals surface area contributed by atoms with Crippen molar-refractivity contribution in [1.29, 1.82) is 0 Å². The maximum atomic E-state index is 11.5. The zero-order chi connectivity index (χ0) is 16.5. The van der Waals surface area contributed by atoms with Gasteiger partial charge in [-0.05, 0) is 12.5 Å². The molecule has 0 atom stereocenters. The molecule has 7 nitrogen and oxygen atoms in total. The summed E-state index contributed by atoms with van der Waals surface area (Å²) >= 11 is 2.57. The number of benzene rings is 1. The van der Waals surface area contributed by atoms with Gasteiger partial charge in [-0.15, -0.1) is 10.2 Å². The molecular weight excluding hydrogens is 336 g/mol. The summed E-state index contributed by atoms with van der Waals surface area (Å²) in [6, 6.07) is 9.94. The first-order valence-electron chi connectivity index (χ1n) is 6.88. The highest BCUT2D eigenvalue weighted by molar-refractivity contribution is 8.01. The molecular formula is C14H16N4O3S2. The number of alkyl carbamates (subject to hydrolysis) is 1. The number of nitrogens with one attached hydrogen (secondary N) is 2. The zero-order valence-corrected chi connectivity index (χ0v) is 14.1. The van der Waals surface area contributed by atoms with Gasteiger partial charge in [-0.25, -0.2) is 4.79 Å². The van der Waals surface area contributed by atoms with Crippen LogP contribution in [0.3, 0.4) is 0 Å². The quantitative estimate of drug-likeness (QED) is 0.740. The number of anilines is 1. The van der Waals surface area contributed by atoms with Gasteiger partial charge < -0.3 is 10.1 Å². The van der Waals surface area contributed by atoms with Gasteiger partial charge in [0.15, 0.2) is 4.34 Å². The van der Waals surface area contributed by atoms with Crippen molar-refractivity contribution in [2.75, 3.05) is 17.7 Å². The number of ether oxygens (including phenoxy) is 1. The number of hydrogen-bond donors (Lipinski definition) is 2. The van der Waals surface area contributed by atoms with E-state index in [1.54, 1.807) is 6.92 Å². The molecule has 2 rings (SSSR count). The van der Waals surface area contributed by atoms with Crippen LogP contribution < -0.4 is 10.6 Å². The second kappa shape index (κ2) is 9.11. The number of rotatable bonds is 7. The van der Waals surface area contributed by atoms with Crippen molar-refractivity contribution in [2.24, 2.45) is 0 Å². The van der Waals surface area contributed by atoms with Gasteiger partial charge in [0, 0.05) is 6.54 Å². The number of aromatic nitrogens is 2. The SMILES string of the molecule is CCOC(=O)NC(=O)CSc1nnc(NCc2ccccc2)s1. The predicted molar refractivity (Wildman–Crippen MR) is 89.6 cm³/mol. The van der Waals surface area contributed by atoms with E-state index in [2.05, 4.69) is 25.6 Å². The Hall–Kier alpha value is -2.13. The van der Waals surface area contributed by atoms with Crippen molar-refractivity contribution < 1.29 is 14.3 Å². The van der Waals surface area contributed by atoms with Crippen molar-refractivity contribution in [2.45, 2.75) is 17.8 Å². The molecule has 1 heterocycles. The van der Waals surface area contributed by atoms with Gasteiger partial charge in [-0.2, -0.15) is 0 Å². The molecule has 9 heteroatoms. The summed E-state index contributed by atoms with van der Waals surface area (Å²) in [4.78, 5) is 22.6. The smallest absolute Gasteiger partial charge is 0.413 e. The van der Waals surface area contributed by atoms with Crippen LogP contribution in [0.2, 0.25) is 0 Å². The summed E-state index contributed by atoms with van der Waals surface area (Å²) in [5, 5.41) is 14.0. The Morgan fingerprint density at radius 2 is 2.04 bits per heavy atom. The van der Waals surface area contributed by atoms with Crippen molar-refractivity contribution in [1.82, 2.24) is 15.5 Å². The summed E-state index contributed by atoms with van der Waals surface area (Å²) in [6.45, 7) is 2.55. The minimum atomic E-state index is -0.736. The Kier molecular flexibility index (Phi) is 6.82. The highest BCUT2D eigenvalue weighted by Crippen LogP contribution is 2.25. The average molecular weight is 352 g/mol. The molecule has 0 fully saturated rings. The van der Waals surface area contributed by atoms with Crippen LogP contribution in [0, 0.1) is 0 Å². The molecule has 0 aliphatic heterocycles. The summed E-state index contributed by atoms with van der Waals surface area (Å²) in [7, 11) is 0. The highest BCUT2D eigenvalue weighted by Gasteiger charge is 2.11. The van der Waals surface area contributed by atoms with Crippen LogP contribution in [0.5, 0.6) is 0 Å². The van der Waals surface area contributed by atoms with Gasteiger partial charge in [-0.3, -0.25) is 10.1 Å². The van der Waals surface area contributed by atoms with E-state index < -0.39 is 12.0 Å². The Balaban J connectivity index is 1.74. The van der Waals surface area contributed by atoms with Gasteiger partial charge in [0.2, 0.25) is 11.0 Å². The molecule has 1 aromatic heterocycles. The van der Waals surface area contributed by atoms with Crippen molar-refractivity contribution in [3.8, 4) is 0 Å². The summed E-state index contributed by atoms with van der Waals surface area (Å²) in [5.74, 6) is -0.353. The van der Waals surface area contributed by atoms with E-state index in [4.69, 9.17) is 0 Å². The second-order valence-corrected chi connectivity index (χ2v) is 6.47. The number of amides is 2. The molecule has 2 aromatic rings. The second-order valence-electron chi connectivity index (χ2n) is 4.27. The standard InChI is InChI=1S/C14H16N4O3S2/c1-2-21-13(20)16-11(19)9-22-14-18-17-12(23-14)15-8-10-6-4-3-5-7-10/h3-7H,2,8-9H2,1H3,(H,15,17)(H,16,19,20). The predicted octanol–water partition coefficient (Wildman–Crippen LogP) is 2.52. The fourth-order valence-corrected chi connectivity index (χ4v) is 3.11. The maximum absolute atomic E-state index is 11.5. The lowest BCUT2D eigenvalue weighted by molar-refractivity contribution is -0.117. The minimum Gasteiger partial charge on any atom is -0.450 e. The Labute approximate surface area is 141 Å². The lowest BCUT2D eigenvalue weighted by Gasteiger charge is -2.02. The highest BCUT2D eigenvalue weighted by atomic mass is 32.2. The third kappa shape index (κ3) is 6.25. The van der Waals surface area contributed by atoms with Crippen LogP contribution in [-0.4, -0.2) is 34.6 Å². The molecule has 1 aromatic carbocycles.